The van der Waals surface area contributed by atoms with Gasteiger partial charge in [0.2, 0.25) is 0 Å². The molecular weight excluding hydrogens is 454 g/mol. The lowest BCUT2D eigenvalue weighted by Crippen LogP contribution is -2.38. The van der Waals surface area contributed by atoms with Crippen LogP contribution in [0.4, 0.5) is 0 Å². The quantitative estimate of drug-likeness (QED) is 0.412. The van der Waals surface area contributed by atoms with Gasteiger partial charge in [0.25, 0.3) is 5.91 Å². The van der Waals surface area contributed by atoms with Gasteiger partial charge in [-0.05, 0) is 54.5 Å². The number of carbonyl (C=O) groups excluding carboxylic acids is 1. The maximum atomic E-state index is 12.9. The third kappa shape index (κ3) is 6.33. The van der Waals surface area contributed by atoms with Gasteiger partial charge in [-0.15, -0.1) is 0 Å². The topological polar surface area (TPSA) is 93.5 Å². The van der Waals surface area contributed by atoms with Crippen molar-refractivity contribution in [3.05, 3.63) is 70.9 Å². The second-order valence-corrected chi connectivity index (χ2v) is 10.7. The van der Waals surface area contributed by atoms with Gasteiger partial charge in [0.15, 0.2) is 5.60 Å². The monoisotopic (exact) mass is 491 g/mol. The molecule has 3 rings (SSSR count). The summed E-state index contributed by atoms with van der Waals surface area (Å²) in [4.78, 5) is 24.4. The molecule has 0 spiro atoms. The molecule has 7 nitrogen and oxygen atoms in total. The minimum absolute atomic E-state index is 0.0709. The highest BCUT2D eigenvalue weighted by molar-refractivity contribution is 5.93. The summed E-state index contributed by atoms with van der Waals surface area (Å²) < 4.78 is 7.38. The molecule has 36 heavy (non-hydrogen) atoms. The van der Waals surface area contributed by atoms with E-state index in [-0.39, 0.29) is 11.3 Å². The molecule has 1 aromatic heterocycles. The molecule has 0 atom stereocenters. The highest BCUT2D eigenvalue weighted by Crippen LogP contribution is 2.27. The van der Waals surface area contributed by atoms with Crippen LogP contribution in [0.3, 0.4) is 0 Å². The Bertz CT molecular complexity index is 1230. The molecule has 0 saturated carbocycles. The van der Waals surface area contributed by atoms with Gasteiger partial charge in [0.05, 0.1) is 5.69 Å². The van der Waals surface area contributed by atoms with Crippen LogP contribution in [0, 0.1) is 0 Å². The smallest absolute Gasteiger partial charge is 0.347 e. The van der Waals surface area contributed by atoms with E-state index in [2.05, 4.69) is 50.2 Å². The number of aliphatic carboxylic acids is 1. The molecule has 0 bridgehead atoms. The molecule has 0 unspecified atom stereocenters. The molecule has 7 heteroatoms. The molecule has 1 heterocycles. The van der Waals surface area contributed by atoms with Gasteiger partial charge in [-0.3, -0.25) is 9.48 Å². The lowest BCUT2D eigenvalue weighted by atomic mass is 9.86. The second-order valence-electron chi connectivity index (χ2n) is 10.7. The summed E-state index contributed by atoms with van der Waals surface area (Å²) in [7, 11) is 1.76. The molecule has 0 saturated heterocycles. The molecular formula is C29H37N3O4. The highest BCUT2D eigenvalue weighted by Gasteiger charge is 2.30. The number of amides is 1. The standard InChI is InChI=1S/C29H37N3O4/c1-8-9-21-16-19(10-15-25(21)36-29(5,6)27(34)35)18-30-26(33)24-17-23(31-32(24)7)20-11-13-22(14-12-20)28(2,3)4/h10-17H,8-9,18H2,1-7H3,(H,30,33)(H,34,35). The maximum absolute atomic E-state index is 12.9. The average Bonchev–Trinajstić information content (AvgIpc) is 3.20. The Kier molecular flexibility index (Phi) is 7.92. The highest BCUT2D eigenvalue weighted by atomic mass is 16.5. The van der Waals surface area contributed by atoms with Gasteiger partial charge < -0.3 is 15.2 Å². The van der Waals surface area contributed by atoms with Crippen molar-refractivity contribution < 1.29 is 19.4 Å². The van der Waals surface area contributed by atoms with E-state index in [0.29, 0.717) is 18.0 Å². The lowest BCUT2D eigenvalue weighted by Gasteiger charge is -2.23. The number of carboxylic acids is 1. The van der Waals surface area contributed by atoms with Gasteiger partial charge in [-0.2, -0.15) is 5.10 Å². The summed E-state index contributed by atoms with van der Waals surface area (Å²) in [6.45, 7) is 12.0. The molecule has 2 aromatic carbocycles. The normalized spacial score (nSPS) is 11.9. The Morgan fingerprint density at radius 1 is 1.03 bits per heavy atom. The number of carboxylic acid groups (broad SMARTS) is 1. The number of hydrogen-bond donors (Lipinski definition) is 2. The second kappa shape index (κ2) is 10.6. The molecule has 1 amide bonds. The predicted molar refractivity (Wildman–Crippen MR) is 141 cm³/mol. The largest absolute Gasteiger partial charge is 0.478 e. The Morgan fingerprint density at radius 2 is 1.69 bits per heavy atom. The van der Waals surface area contributed by atoms with Gasteiger partial charge in [-0.25, -0.2) is 4.79 Å². The minimum Gasteiger partial charge on any atom is -0.478 e. The van der Waals surface area contributed by atoms with Crippen LogP contribution in [-0.4, -0.2) is 32.4 Å². The van der Waals surface area contributed by atoms with Crippen molar-refractivity contribution >= 4 is 11.9 Å². The Hall–Kier alpha value is -3.61. The van der Waals surface area contributed by atoms with Crippen molar-refractivity contribution in [1.82, 2.24) is 15.1 Å². The lowest BCUT2D eigenvalue weighted by molar-refractivity contribution is -0.152. The number of carbonyl (C=O) groups is 2. The predicted octanol–water partition coefficient (Wildman–Crippen LogP) is 5.51. The van der Waals surface area contributed by atoms with Crippen LogP contribution in [0.2, 0.25) is 0 Å². The number of rotatable bonds is 9. The molecule has 2 N–H and O–H groups in total. The SMILES string of the molecule is CCCc1cc(CNC(=O)c2cc(-c3ccc(C(C)(C)C)cc3)nn2C)ccc1OC(C)(C)C(=O)O. The zero-order chi connectivity index (χ0) is 26.7. The zero-order valence-electron chi connectivity index (χ0n) is 22.3. The molecule has 0 aliphatic heterocycles. The van der Waals surface area contributed by atoms with Crippen molar-refractivity contribution in [3.63, 3.8) is 0 Å². The number of nitrogens with one attached hydrogen (secondary N) is 1. The van der Waals surface area contributed by atoms with Crippen LogP contribution in [0.15, 0.2) is 48.5 Å². The first kappa shape index (κ1) is 27.0. The summed E-state index contributed by atoms with van der Waals surface area (Å²) in [5.41, 5.74) is 3.99. The number of hydrogen-bond acceptors (Lipinski definition) is 4. The van der Waals surface area contributed by atoms with E-state index in [1.807, 2.05) is 24.3 Å². The number of nitrogens with zero attached hydrogens (tertiary/aromatic N) is 2. The minimum atomic E-state index is -1.33. The van der Waals surface area contributed by atoms with Crippen LogP contribution < -0.4 is 10.1 Å². The number of aromatic nitrogens is 2. The van der Waals surface area contributed by atoms with E-state index in [1.165, 1.54) is 19.4 Å². The van der Waals surface area contributed by atoms with E-state index < -0.39 is 11.6 Å². The van der Waals surface area contributed by atoms with E-state index in [4.69, 9.17) is 4.74 Å². The van der Waals surface area contributed by atoms with Crippen molar-refractivity contribution in [1.29, 1.82) is 0 Å². The number of aryl methyl sites for hydroxylation is 2. The van der Waals surface area contributed by atoms with Crippen LogP contribution in [0.25, 0.3) is 11.3 Å². The fourth-order valence-electron chi connectivity index (χ4n) is 3.86. The Morgan fingerprint density at radius 3 is 2.28 bits per heavy atom. The summed E-state index contributed by atoms with van der Waals surface area (Å²) in [5, 5.41) is 16.9. The van der Waals surface area contributed by atoms with Crippen LogP contribution in [0.5, 0.6) is 5.75 Å². The molecule has 192 valence electrons. The first-order valence-corrected chi connectivity index (χ1v) is 12.3. The molecule has 0 aliphatic carbocycles. The van der Waals surface area contributed by atoms with Crippen molar-refractivity contribution in [2.24, 2.45) is 7.05 Å². The van der Waals surface area contributed by atoms with Crippen LogP contribution in [-0.2, 0) is 30.2 Å². The van der Waals surface area contributed by atoms with E-state index in [9.17, 15) is 14.7 Å². The summed E-state index contributed by atoms with van der Waals surface area (Å²) in [6, 6.07) is 15.7. The fourth-order valence-corrected chi connectivity index (χ4v) is 3.86. The van der Waals surface area contributed by atoms with Crippen molar-refractivity contribution in [2.45, 2.75) is 71.9 Å². The molecule has 3 aromatic rings. The molecule has 0 fully saturated rings. The third-order valence-corrected chi connectivity index (χ3v) is 6.14. The zero-order valence-corrected chi connectivity index (χ0v) is 22.3. The average molecular weight is 492 g/mol. The van der Waals surface area contributed by atoms with Gasteiger partial charge in [0.1, 0.15) is 11.4 Å². The van der Waals surface area contributed by atoms with E-state index >= 15 is 0 Å². The molecule has 0 aliphatic rings. The van der Waals surface area contributed by atoms with Gasteiger partial charge in [0, 0.05) is 19.2 Å². The molecule has 0 radical (unpaired) electrons. The van der Waals surface area contributed by atoms with Crippen LogP contribution >= 0.6 is 0 Å². The Balaban J connectivity index is 1.73. The first-order chi connectivity index (χ1) is 16.8. The summed E-state index contributed by atoms with van der Waals surface area (Å²) >= 11 is 0. The van der Waals surface area contributed by atoms with Crippen LogP contribution in [0.1, 0.15) is 75.1 Å². The van der Waals surface area contributed by atoms with E-state index in [1.54, 1.807) is 23.9 Å². The third-order valence-electron chi connectivity index (χ3n) is 6.14. The summed E-state index contributed by atoms with van der Waals surface area (Å²) in [5.74, 6) is -0.693. The van der Waals surface area contributed by atoms with Gasteiger partial charge >= 0.3 is 5.97 Å². The van der Waals surface area contributed by atoms with Crippen molar-refractivity contribution in [2.75, 3.05) is 0 Å². The van der Waals surface area contributed by atoms with Crippen molar-refractivity contribution in [3.8, 4) is 17.0 Å². The fraction of sp³-hybridized carbons (Fsp3) is 0.414. The Labute approximate surface area is 213 Å². The number of ether oxygens (including phenoxy) is 1. The van der Waals surface area contributed by atoms with E-state index in [0.717, 1.165) is 35.2 Å². The first-order valence-electron chi connectivity index (χ1n) is 12.3. The number of benzene rings is 2. The van der Waals surface area contributed by atoms with Gasteiger partial charge in [-0.1, -0.05) is 70.5 Å². The summed E-state index contributed by atoms with van der Waals surface area (Å²) in [6.07, 6.45) is 1.63. The maximum Gasteiger partial charge on any atom is 0.347 e.